The van der Waals surface area contributed by atoms with Gasteiger partial charge in [-0.05, 0) is 44.2 Å². The van der Waals surface area contributed by atoms with E-state index >= 15 is 0 Å². The molecule has 0 radical (unpaired) electrons. The van der Waals surface area contributed by atoms with Crippen molar-refractivity contribution in [2.24, 2.45) is 0 Å². The number of ether oxygens (including phenoxy) is 1. The fourth-order valence-electron chi connectivity index (χ4n) is 2.38. The van der Waals surface area contributed by atoms with Crippen LogP contribution in [0.1, 0.15) is 30.5 Å². The van der Waals surface area contributed by atoms with Gasteiger partial charge in [-0.2, -0.15) is 0 Å². The standard InChI is InChI=1S/C19H22FNO2S/c1-13-4-9-18(23-3)17(12-13)14(2)21-19(22)10-11-24-16-7-5-15(20)6-8-16/h4-9,12,14H,10-11H2,1-3H3,(H,21,22). The number of amides is 1. The van der Waals surface area contributed by atoms with Crippen LogP contribution >= 0.6 is 11.8 Å². The van der Waals surface area contributed by atoms with Crippen molar-refractivity contribution in [3.63, 3.8) is 0 Å². The average molecular weight is 347 g/mol. The Hall–Kier alpha value is -2.01. The predicted molar refractivity (Wildman–Crippen MR) is 96.0 cm³/mol. The zero-order valence-electron chi connectivity index (χ0n) is 14.1. The number of aryl methyl sites for hydroxylation is 1. The summed E-state index contributed by atoms with van der Waals surface area (Å²) in [5.74, 6) is 1.16. The molecule has 24 heavy (non-hydrogen) atoms. The third kappa shape index (κ3) is 5.27. The molecular weight excluding hydrogens is 325 g/mol. The summed E-state index contributed by atoms with van der Waals surface area (Å²) in [4.78, 5) is 13.1. The van der Waals surface area contributed by atoms with Gasteiger partial charge < -0.3 is 10.1 Å². The Kier molecular flexibility index (Phi) is 6.67. The van der Waals surface area contributed by atoms with E-state index in [4.69, 9.17) is 4.74 Å². The van der Waals surface area contributed by atoms with Gasteiger partial charge in [-0.1, -0.05) is 17.7 Å². The van der Waals surface area contributed by atoms with Gasteiger partial charge in [-0.3, -0.25) is 4.79 Å². The molecule has 0 spiro atoms. The van der Waals surface area contributed by atoms with Crippen molar-refractivity contribution in [2.75, 3.05) is 12.9 Å². The summed E-state index contributed by atoms with van der Waals surface area (Å²) in [6.07, 6.45) is 0.403. The fraction of sp³-hybridized carbons (Fsp3) is 0.316. The fourth-order valence-corrected chi connectivity index (χ4v) is 3.23. The van der Waals surface area contributed by atoms with Crippen LogP contribution in [0, 0.1) is 12.7 Å². The molecule has 0 fully saturated rings. The van der Waals surface area contributed by atoms with Crippen molar-refractivity contribution >= 4 is 17.7 Å². The molecule has 0 heterocycles. The summed E-state index contributed by atoms with van der Waals surface area (Å²) in [5.41, 5.74) is 2.09. The van der Waals surface area contributed by atoms with Crippen LogP contribution in [-0.2, 0) is 4.79 Å². The molecule has 2 aromatic carbocycles. The van der Waals surface area contributed by atoms with Gasteiger partial charge in [0.2, 0.25) is 5.91 Å². The van der Waals surface area contributed by atoms with Gasteiger partial charge in [-0.15, -0.1) is 11.8 Å². The number of carbonyl (C=O) groups is 1. The molecule has 0 bridgehead atoms. The summed E-state index contributed by atoms with van der Waals surface area (Å²) in [6.45, 7) is 3.96. The summed E-state index contributed by atoms with van der Waals surface area (Å²) < 4.78 is 18.2. The van der Waals surface area contributed by atoms with Gasteiger partial charge in [0, 0.05) is 22.6 Å². The minimum Gasteiger partial charge on any atom is -0.496 e. The highest BCUT2D eigenvalue weighted by molar-refractivity contribution is 7.99. The van der Waals surface area contributed by atoms with E-state index in [1.54, 1.807) is 19.2 Å². The van der Waals surface area contributed by atoms with Crippen LogP contribution in [0.25, 0.3) is 0 Å². The number of halogens is 1. The molecule has 1 atom stereocenters. The van der Waals surface area contributed by atoms with Crippen LogP contribution < -0.4 is 10.1 Å². The van der Waals surface area contributed by atoms with Gasteiger partial charge in [0.05, 0.1) is 13.2 Å². The van der Waals surface area contributed by atoms with Crippen LogP contribution in [0.5, 0.6) is 5.75 Å². The monoisotopic (exact) mass is 347 g/mol. The van der Waals surface area contributed by atoms with Gasteiger partial charge >= 0.3 is 0 Å². The largest absolute Gasteiger partial charge is 0.496 e. The Morgan fingerprint density at radius 2 is 1.96 bits per heavy atom. The van der Waals surface area contributed by atoms with Crippen molar-refractivity contribution < 1.29 is 13.9 Å². The Morgan fingerprint density at radius 3 is 2.62 bits per heavy atom. The quantitative estimate of drug-likeness (QED) is 0.749. The molecule has 1 amide bonds. The van der Waals surface area contributed by atoms with Gasteiger partial charge in [0.1, 0.15) is 11.6 Å². The SMILES string of the molecule is COc1ccc(C)cc1C(C)NC(=O)CCSc1ccc(F)cc1. The molecule has 0 aliphatic rings. The van der Waals surface area contributed by atoms with E-state index in [2.05, 4.69) is 5.32 Å². The molecule has 1 N–H and O–H groups in total. The van der Waals surface area contributed by atoms with E-state index in [9.17, 15) is 9.18 Å². The second-order valence-corrected chi connectivity index (χ2v) is 6.76. The Labute approximate surface area is 146 Å². The Balaban J connectivity index is 1.85. The molecule has 0 aromatic heterocycles. The topological polar surface area (TPSA) is 38.3 Å². The third-order valence-electron chi connectivity index (χ3n) is 3.64. The summed E-state index contributed by atoms with van der Waals surface area (Å²) in [7, 11) is 1.63. The van der Waals surface area contributed by atoms with Gasteiger partial charge in [-0.25, -0.2) is 4.39 Å². The van der Waals surface area contributed by atoms with Crippen molar-refractivity contribution in [3.05, 3.63) is 59.4 Å². The lowest BCUT2D eigenvalue weighted by Gasteiger charge is -2.18. The Bertz CT molecular complexity index is 688. The van der Waals surface area contributed by atoms with Gasteiger partial charge in [0.25, 0.3) is 0 Å². The maximum Gasteiger partial charge on any atom is 0.221 e. The molecular formula is C19H22FNO2S. The van der Waals surface area contributed by atoms with Gasteiger partial charge in [0.15, 0.2) is 0 Å². The lowest BCUT2D eigenvalue weighted by molar-refractivity contribution is -0.121. The number of nitrogens with one attached hydrogen (secondary N) is 1. The summed E-state index contributed by atoms with van der Waals surface area (Å²) in [6, 6.07) is 12.1. The zero-order chi connectivity index (χ0) is 17.5. The van der Waals surface area contributed by atoms with E-state index in [1.807, 2.05) is 32.0 Å². The second kappa shape index (κ2) is 8.73. The number of hydrogen-bond acceptors (Lipinski definition) is 3. The smallest absolute Gasteiger partial charge is 0.221 e. The summed E-state index contributed by atoms with van der Waals surface area (Å²) >= 11 is 1.54. The number of rotatable bonds is 7. The van der Waals surface area contributed by atoms with Crippen molar-refractivity contribution in [2.45, 2.75) is 31.2 Å². The highest BCUT2D eigenvalue weighted by Crippen LogP contribution is 2.26. The van der Waals surface area contributed by atoms with E-state index < -0.39 is 0 Å². The average Bonchev–Trinajstić information content (AvgIpc) is 2.56. The predicted octanol–water partition coefficient (Wildman–Crippen LogP) is 4.50. The summed E-state index contributed by atoms with van der Waals surface area (Å²) in [5, 5.41) is 3.00. The van der Waals surface area contributed by atoms with Crippen LogP contribution in [0.2, 0.25) is 0 Å². The van der Waals surface area contributed by atoms with E-state index in [0.717, 1.165) is 21.8 Å². The third-order valence-corrected chi connectivity index (χ3v) is 4.65. The number of benzene rings is 2. The number of thioether (sulfide) groups is 1. The first kappa shape index (κ1) is 18.3. The molecule has 2 aromatic rings. The molecule has 0 saturated carbocycles. The van der Waals surface area contributed by atoms with E-state index in [1.165, 1.54) is 23.9 Å². The molecule has 2 rings (SSSR count). The zero-order valence-corrected chi connectivity index (χ0v) is 15.0. The first-order valence-corrected chi connectivity index (χ1v) is 8.80. The molecule has 0 aliphatic carbocycles. The highest BCUT2D eigenvalue weighted by Gasteiger charge is 2.14. The van der Waals surface area contributed by atoms with Crippen molar-refractivity contribution in [3.8, 4) is 5.75 Å². The van der Waals surface area contributed by atoms with Crippen molar-refractivity contribution in [1.29, 1.82) is 0 Å². The van der Waals surface area contributed by atoms with Crippen LogP contribution in [0.15, 0.2) is 47.4 Å². The lowest BCUT2D eigenvalue weighted by atomic mass is 10.0. The maximum absolute atomic E-state index is 12.8. The maximum atomic E-state index is 12.8. The minimum atomic E-state index is -0.252. The van der Waals surface area contributed by atoms with E-state index in [-0.39, 0.29) is 17.8 Å². The molecule has 3 nitrogen and oxygen atoms in total. The number of hydrogen-bond donors (Lipinski definition) is 1. The number of carbonyl (C=O) groups excluding carboxylic acids is 1. The second-order valence-electron chi connectivity index (χ2n) is 5.59. The molecule has 5 heteroatoms. The van der Waals surface area contributed by atoms with Crippen LogP contribution in [-0.4, -0.2) is 18.8 Å². The van der Waals surface area contributed by atoms with Crippen molar-refractivity contribution in [1.82, 2.24) is 5.32 Å². The normalized spacial score (nSPS) is 11.8. The highest BCUT2D eigenvalue weighted by atomic mass is 32.2. The first-order chi connectivity index (χ1) is 11.5. The minimum absolute atomic E-state index is 0.0133. The van der Waals surface area contributed by atoms with E-state index in [0.29, 0.717) is 12.2 Å². The molecule has 0 aliphatic heterocycles. The number of methoxy groups -OCH3 is 1. The van der Waals surface area contributed by atoms with Crippen LogP contribution in [0.4, 0.5) is 4.39 Å². The Morgan fingerprint density at radius 1 is 1.25 bits per heavy atom. The first-order valence-electron chi connectivity index (χ1n) is 7.82. The van der Waals surface area contributed by atoms with Crippen LogP contribution in [0.3, 0.4) is 0 Å². The molecule has 128 valence electrons. The lowest BCUT2D eigenvalue weighted by Crippen LogP contribution is -2.27. The molecule has 1 unspecified atom stereocenters. The molecule has 0 saturated heterocycles.